The second kappa shape index (κ2) is 4.37. The number of methoxy groups -OCH3 is 1. The highest BCUT2D eigenvalue weighted by Gasteiger charge is 2.05. The van der Waals surface area contributed by atoms with Crippen molar-refractivity contribution in [3.63, 3.8) is 0 Å². The van der Waals surface area contributed by atoms with Crippen molar-refractivity contribution in [2.45, 2.75) is 0 Å². The van der Waals surface area contributed by atoms with E-state index in [0.29, 0.717) is 16.5 Å². The maximum atomic E-state index is 11.1. The van der Waals surface area contributed by atoms with Gasteiger partial charge in [0.1, 0.15) is 5.75 Å². The van der Waals surface area contributed by atoms with E-state index in [2.05, 4.69) is 9.97 Å². The Balaban J connectivity index is 2.52. The van der Waals surface area contributed by atoms with Gasteiger partial charge >= 0.3 is 5.69 Å². The summed E-state index contributed by atoms with van der Waals surface area (Å²) in [6.07, 6.45) is 1.44. The van der Waals surface area contributed by atoms with Gasteiger partial charge in [0, 0.05) is 11.8 Å². The van der Waals surface area contributed by atoms with Crippen LogP contribution in [0.4, 0.5) is 0 Å². The Labute approximate surface area is 96.9 Å². The van der Waals surface area contributed by atoms with Gasteiger partial charge in [0.05, 0.1) is 17.8 Å². The van der Waals surface area contributed by atoms with E-state index in [1.807, 2.05) is 0 Å². The van der Waals surface area contributed by atoms with E-state index < -0.39 is 5.69 Å². The number of hydrogen-bond acceptors (Lipinski definition) is 3. The molecule has 0 saturated carbocycles. The van der Waals surface area contributed by atoms with Gasteiger partial charge in [-0.2, -0.15) is 0 Å². The molecule has 16 heavy (non-hydrogen) atoms. The van der Waals surface area contributed by atoms with Gasteiger partial charge in [0.2, 0.25) is 0 Å². The van der Waals surface area contributed by atoms with E-state index in [0.717, 1.165) is 5.56 Å². The maximum Gasteiger partial charge on any atom is 0.345 e. The number of aromatic nitrogens is 2. The molecular weight excluding hydrogens is 228 g/mol. The molecule has 1 N–H and O–H groups in total. The zero-order valence-electron chi connectivity index (χ0n) is 8.53. The Morgan fingerprint density at radius 2 is 2.19 bits per heavy atom. The van der Waals surface area contributed by atoms with Crippen LogP contribution in [0.25, 0.3) is 11.3 Å². The van der Waals surface area contributed by atoms with Crippen LogP contribution in [0.2, 0.25) is 5.02 Å². The summed E-state index contributed by atoms with van der Waals surface area (Å²) in [5, 5.41) is 0.515. The number of nitrogens with one attached hydrogen (secondary N) is 1. The first-order chi connectivity index (χ1) is 7.70. The molecule has 0 aliphatic carbocycles. The summed E-state index contributed by atoms with van der Waals surface area (Å²) in [7, 11) is 1.57. The third-order valence-corrected chi connectivity index (χ3v) is 2.45. The van der Waals surface area contributed by atoms with Gasteiger partial charge < -0.3 is 9.72 Å². The lowest BCUT2D eigenvalue weighted by Gasteiger charge is -2.05. The minimum atomic E-state index is -0.399. The van der Waals surface area contributed by atoms with Crippen molar-refractivity contribution >= 4 is 11.6 Å². The van der Waals surface area contributed by atoms with Crippen molar-refractivity contribution in [2.75, 3.05) is 7.11 Å². The van der Waals surface area contributed by atoms with Crippen LogP contribution in [0, 0.1) is 0 Å². The predicted molar refractivity (Wildman–Crippen MR) is 61.9 cm³/mol. The topological polar surface area (TPSA) is 55.0 Å². The number of aromatic amines is 1. The number of ether oxygens (including phenoxy) is 1. The summed E-state index contributed by atoms with van der Waals surface area (Å²) in [5.41, 5.74) is 0.971. The van der Waals surface area contributed by atoms with E-state index in [4.69, 9.17) is 16.3 Å². The van der Waals surface area contributed by atoms with Gasteiger partial charge in [0.15, 0.2) is 0 Å². The minimum absolute atomic E-state index is 0.399. The number of rotatable bonds is 2. The number of hydrogen-bond donors (Lipinski definition) is 1. The molecule has 4 nitrogen and oxygen atoms in total. The van der Waals surface area contributed by atoms with E-state index in [1.54, 1.807) is 31.4 Å². The Bertz CT molecular complexity index is 566. The van der Waals surface area contributed by atoms with E-state index in [9.17, 15) is 4.79 Å². The molecule has 2 rings (SSSR count). The molecule has 1 aromatic carbocycles. The third-order valence-electron chi connectivity index (χ3n) is 2.14. The SMILES string of the molecule is COc1ccc(-c2ccnc(=O)[nH]2)c(Cl)c1. The lowest BCUT2D eigenvalue weighted by Crippen LogP contribution is -2.09. The standard InChI is InChI=1S/C11H9ClN2O2/c1-16-7-2-3-8(9(12)6-7)10-4-5-13-11(15)14-10/h2-6H,1H3,(H,13,14,15). The van der Waals surface area contributed by atoms with Crippen LogP contribution in [0.15, 0.2) is 35.3 Å². The summed E-state index contributed by atoms with van der Waals surface area (Å²) in [5.74, 6) is 0.671. The Morgan fingerprint density at radius 3 is 2.81 bits per heavy atom. The fourth-order valence-corrected chi connectivity index (χ4v) is 1.64. The number of H-pyrrole nitrogens is 1. The molecule has 0 fully saturated rings. The van der Waals surface area contributed by atoms with Crippen molar-refractivity contribution in [1.82, 2.24) is 9.97 Å². The fraction of sp³-hybridized carbons (Fsp3) is 0.0909. The molecule has 1 aromatic heterocycles. The first-order valence-electron chi connectivity index (χ1n) is 4.60. The highest BCUT2D eigenvalue weighted by Crippen LogP contribution is 2.29. The molecule has 5 heteroatoms. The van der Waals surface area contributed by atoms with E-state index in [-0.39, 0.29) is 0 Å². The zero-order valence-corrected chi connectivity index (χ0v) is 9.28. The lowest BCUT2D eigenvalue weighted by atomic mass is 10.1. The lowest BCUT2D eigenvalue weighted by molar-refractivity contribution is 0.415. The van der Waals surface area contributed by atoms with Gasteiger partial charge in [-0.1, -0.05) is 11.6 Å². The molecule has 0 spiro atoms. The molecule has 0 aliphatic rings. The Hall–Kier alpha value is -1.81. The van der Waals surface area contributed by atoms with Crippen LogP contribution >= 0.6 is 11.6 Å². The fourth-order valence-electron chi connectivity index (χ4n) is 1.37. The summed E-state index contributed by atoms with van der Waals surface area (Å²) in [6.45, 7) is 0. The van der Waals surface area contributed by atoms with Crippen LogP contribution in [0.5, 0.6) is 5.75 Å². The molecule has 0 atom stereocenters. The monoisotopic (exact) mass is 236 g/mol. The van der Waals surface area contributed by atoms with Gasteiger partial charge in [-0.25, -0.2) is 9.78 Å². The Morgan fingerprint density at radius 1 is 1.38 bits per heavy atom. The van der Waals surface area contributed by atoms with Crippen molar-refractivity contribution in [3.05, 3.63) is 46.0 Å². The normalized spacial score (nSPS) is 10.1. The zero-order chi connectivity index (χ0) is 11.5. The summed E-state index contributed by atoms with van der Waals surface area (Å²) in [6, 6.07) is 6.94. The average Bonchev–Trinajstić information content (AvgIpc) is 2.28. The second-order valence-electron chi connectivity index (χ2n) is 3.13. The van der Waals surface area contributed by atoms with Crippen molar-refractivity contribution in [2.24, 2.45) is 0 Å². The second-order valence-corrected chi connectivity index (χ2v) is 3.54. The molecule has 2 aromatic rings. The maximum absolute atomic E-state index is 11.1. The van der Waals surface area contributed by atoms with Crippen molar-refractivity contribution in [1.29, 1.82) is 0 Å². The molecule has 1 heterocycles. The smallest absolute Gasteiger partial charge is 0.345 e. The number of nitrogens with zero attached hydrogens (tertiary/aromatic N) is 1. The van der Waals surface area contributed by atoms with Gasteiger partial charge in [-0.15, -0.1) is 0 Å². The van der Waals surface area contributed by atoms with E-state index in [1.165, 1.54) is 6.20 Å². The first kappa shape index (κ1) is 10.7. The molecular formula is C11H9ClN2O2. The number of benzene rings is 1. The highest BCUT2D eigenvalue weighted by atomic mass is 35.5. The minimum Gasteiger partial charge on any atom is -0.497 e. The molecule has 0 bridgehead atoms. The van der Waals surface area contributed by atoms with Crippen molar-refractivity contribution < 1.29 is 4.74 Å². The van der Waals surface area contributed by atoms with Crippen molar-refractivity contribution in [3.8, 4) is 17.0 Å². The van der Waals surface area contributed by atoms with Crippen LogP contribution in [0.1, 0.15) is 0 Å². The first-order valence-corrected chi connectivity index (χ1v) is 4.98. The van der Waals surface area contributed by atoms with Gasteiger partial charge in [-0.3, -0.25) is 0 Å². The summed E-state index contributed by atoms with van der Waals surface area (Å²) >= 11 is 6.07. The average molecular weight is 237 g/mol. The van der Waals surface area contributed by atoms with Crippen LogP contribution in [-0.2, 0) is 0 Å². The molecule has 0 saturated heterocycles. The highest BCUT2D eigenvalue weighted by molar-refractivity contribution is 6.33. The molecule has 0 amide bonds. The number of halogens is 1. The van der Waals surface area contributed by atoms with Gasteiger partial charge in [0.25, 0.3) is 0 Å². The van der Waals surface area contributed by atoms with Gasteiger partial charge in [-0.05, 0) is 24.3 Å². The summed E-state index contributed by atoms with van der Waals surface area (Å²) in [4.78, 5) is 17.2. The molecule has 0 radical (unpaired) electrons. The largest absolute Gasteiger partial charge is 0.497 e. The van der Waals surface area contributed by atoms with Crippen LogP contribution < -0.4 is 10.4 Å². The summed E-state index contributed by atoms with van der Waals surface area (Å²) < 4.78 is 5.04. The molecule has 0 unspecified atom stereocenters. The third kappa shape index (κ3) is 2.06. The molecule has 82 valence electrons. The van der Waals surface area contributed by atoms with Crippen LogP contribution in [-0.4, -0.2) is 17.1 Å². The quantitative estimate of drug-likeness (QED) is 0.869. The Kier molecular flexibility index (Phi) is 2.92. The van der Waals surface area contributed by atoms with Crippen LogP contribution in [0.3, 0.4) is 0 Å². The van der Waals surface area contributed by atoms with E-state index >= 15 is 0 Å². The predicted octanol–water partition coefficient (Wildman–Crippen LogP) is 2.10. The molecule has 0 aliphatic heterocycles.